The van der Waals surface area contributed by atoms with Crippen molar-refractivity contribution in [3.8, 4) is 33.4 Å². The van der Waals surface area contributed by atoms with E-state index in [2.05, 4.69) is 0 Å². The number of nitrogens with zero attached hydrogens (tertiary/aromatic N) is 1. The first kappa shape index (κ1) is 21.4. The van der Waals surface area contributed by atoms with Crippen molar-refractivity contribution in [2.75, 3.05) is 4.90 Å². The average Bonchev–Trinajstić information content (AvgIpc) is 3.25. The predicted octanol–water partition coefficient (Wildman–Crippen LogP) is 13.6. The molecule has 0 bridgehead atoms. The summed E-state index contributed by atoms with van der Waals surface area (Å²) in [4.78, 5) is 1.39. The molecule has 0 saturated carbocycles. The molecule has 0 spiro atoms. The monoisotopic (exact) mass is 631 g/mol. The summed E-state index contributed by atoms with van der Waals surface area (Å²) < 4.78 is 75.3. The maximum absolute atomic E-state index is 9.69. The lowest BCUT2D eigenvalue weighted by molar-refractivity contribution is 1.28. The molecule has 0 saturated heterocycles. The molecule has 0 fully saturated rings. The molecule has 9 aromatic rings. The Balaban J connectivity index is 1.32. The minimum absolute atomic E-state index is 0.122. The summed E-state index contributed by atoms with van der Waals surface area (Å²) in [5.41, 5.74) is 3.22. The summed E-state index contributed by atoms with van der Waals surface area (Å²) in [6.07, 6.45) is 0. The van der Waals surface area contributed by atoms with E-state index in [9.17, 15) is 8.22 Å². The van der Waals surface area contributed by atoms with Gasteiger partial charge >= 0.3 is 0 Å². The van der Waals surface area contributed by atoms with Gasteiger partial charge in [0.1, 0.15) is 0 Å². The predicted molar refractivity (Wildman–Crippen MR) is 210 cm³/mol. The second kappa shape index (κ2) is 12.3. The average molecular weight is 632 g/mol. The normalized spacial score (nSPS) is 13.6. The lowest BCUT2D eigenvalue weighted by Crippen LogP contribution is -2.10. The minimum atomic E-state index is -0.442. The van der Waals surface area contributed by atoms with Gasteiger partial charge in [0.15, 0.2) is 0 Å². The van der Waals surface area contributed by atoms with Crippen molar-refractivity contribution in [1.29, 1.82) is 0 Å². The van der Waals surface area contributed by atoms with Crippen molar-refractivity contribution in [3.63, 3.8) is 0 Å². The van der Waals surface area contributed by atoms with Crippen LogP contribution in [0.1, 0.15) is 11.0 Å². The van der Waals surface area contributed by atoms with Crippen LogP contribution in [-0.2, 0) is 0 Å². The van der Waals surface area contributed by atoms with E-state index in [0.717, 1.165) is 43.4 Å². The zero-order chi connectivity index (χ0) is 39.5. The number of hydrogen-bond donors (Lipinski definition) is 0. The third-order valence-corrected chi connectivity index (χ3v) is 8.98. The molecule has 0 aliphatic heterocycles. The SMILES string of the molecule is [2H]c1c([2H])c(-c2ccc3ccccc3c2)c([2H])c(N(c2ccc(-c3ccccc3)cc2)c2c([2H])c([2H])c(-c3cc4ccccc4c4ccccc34)c([2H])c2[2H])c1[2H]. The van der Waals surface area contributed by atoms with Gasteiger partial charge in [0, 0.05) is 17.1 Å². The second-order valence-electron chi connectivity index (χ2n) is 11.9. The molecule has 230 valence electrons. The van der Waals surface area contributed by atoms with Crippen LogP contribution < -0.4 is 4.90 Å². The highest BCUT2D eigenvalue weighted by molar-refractivity contribution is 6.13. The van der Waals surface area contributed by atoms with E-state index in [0.29, 0.717) is 16.8 Å². The van der Waals surface area contributed by atoms with Crippen LogP contribution in [0.15, 0.2) is 200 Å². The van der Waals surface area contributed by atoms with Crippen LogP contribution in [0.4, 0.5) is 17.1 Å². The molecule has 49 heavy (non-hydrogen) atoms. The number of fused-ring (bicyclic) bond motifs is 4. The van der Waals surface area contributed by atoms with Gasteiger partial charge in [0.05, 0.1) is 11.0 Å². The fourth-order valence-electron chi connectivity index (χ4n) is 6.55. The Kier molecular flexibility index (Phi) is 5.38. The summed E-state index contributed by atoms with van der Waals surface area (Å²) >= 11 is 0. The van der Waals surface area contributed by atoms with Crippen molar-refractivity contribution in [2.45, 2.75) is 0 Å². The van der Waals surface area contributed by atoms with E-state index in [1.54, 1.807) is 18.2 Å². The van der Waals surface area contributed by atoms with E-state index in [-0.39, 0.29) is 58.8 Å². The van der Waals surface area contributed by atoms with Gasteiger partial charge in [-0.3, -0.25) is 0 Å². The lowest BCUT2D eigenvalue weighted by Gasteiger charge is -2.26. The molecule has 9 rings (SSSR count). The van der Waals surface area contributed by atoms with E-state index < -0.39 is 12.1 Å². The van der Waals surface area contributed by atoms with Crippen LogP contribution >= 0.6 is 0 Å². The highest BCUT2D eigenvalue weighted by Gasteiger charge is 2.15. The molecule has 0 N–H and O–H groups in total. The highest BCUT2D eigenvalue weighted by atomic mass is 15.1. The summed E-state index contributed by atoms with van der Waals surface area (Å²) in [6.45, 7) is 0. The fourth-order valence-corrected chi connectivity index (χ4v) is 6.55. The molecule has 9 aromatic carbocycles. The summed E-state index contributed by atoms with van der Waals surface area (Å²) in [6, 6.07) is 45.0. The van der Waals surface area contributed by atoms with Crippen molar-refractivity contribution in [1.82, 2.24) is 0 Å². The zero-order valence-corrected chi connectivity index (χ0v) is 26.4. The first-order valence-corrected chi connectivity index (χ1v) is 16.2. The molecular weight excluding hydrogens is 591 g/mol. The van der Waals surface area contributed by atoms with Crippen molar-refractivity contribution < 1.29 is 11.0 Å². The Morgan fingerprint density at radius 1 is 0.347 bits per heavy atom. The first-order valence-electron chi connectivity index (χ1n) is 20.2. The van der Waals surface area contributed by atoms with Crippen LogP contribution in [0.2, 0.25) is 0 Å². The van der Waals surface area contributed by atoms with Crippen LogP contribution in [0, 0.1) is 0 Å². The highest BCUT2D eigenvalue weighted by Crippen LogP contribution is 2.40. The van der Waals surface area contributed by atoms with Gasteiger partial charge in [-0.05, 0) is 114 Å². The van der Waals surface area contributed by atoms with E-state index in [4.69, 9.17) is 2.74 Å². The van der Waals surface area contributed by atoms with Crippen LogP contribution in [0.5, 0.6) is 0 Å². The van der Waals surface area contributed by atoms with Gasteiger partial charge in [-0.15, -0.1) is 0 Å². The molecule has 0 aliphatic carbocycles. The zero-order valence-electron chi connectivity index (χ0n) is 34.4. The third-order valence-electron chi connectivity index (χ3n) is 8.98. The third kappa shape index (κ3) is 5.42. The van der Waals surface area contributed by atoms with Crippen LogP contribution in [0.25, 0.3) is 65.7 Å². The van der Waals surface area contributed by atoms with Gasteiger partial charge < -0.3 is 4.90 Å². The number of hydrogen-bond acceptors (Lipinski definition) is 1. The van der Waals surface area contributed by atoms with Gasteiger partial charge in [-0.25, -0.2) is 0 Å². The maximum atomic E-state index is 9.69. The molecule has 0 unspecified atom stereocenters. The Morgan fingerprint density at radius 2 is 0.980 bits per heavy atom. The summed E-state index contributed by atoms with van der Waals surface area (Å²) in [5, 5.41) is 5.44. The van der Waals surface area contributed by atoms with Crippen molar-refractivity contribution in [3.05, 3.63) is 200 Å². The number of anilines is 3. The maximum Gasteiger partial charge on any atom is 0.0651 e. The minimum Gasteiger partial charge on any atom is -0.310 e. The van der Waals surface area contributed by atoms with E-state index >= 15 is 0 Å². The Hall–Kier alpha value is -6.44. The molecule has 0 heterocycles. The topological polar surface area (TPSA) is 3.24 Å². The molecule has 1 heteroatoms. The Labute approximate surface area is 298 Å². The van der Waals surface area contributed by atoms with E-state index in [1.807, 2.05) is 133 Å². The molecular formula is C48H33N. The summed E-state index contributed by atoms with van der Waals surface area (Å²) in [5.74, 6) is 0. The van der Waals surface area contributed by atoms with Crippen LogP contribution in [0.3, 0.4) is 0 Å². The van der Waals surface area contributed by atoms with Gasteiger partial charge in [-0.1, -0.05) is 152 Å². The molecule has 0 aliphatic rings. The van der Waals surface area contributed by atoms with Crippen molar-refractivity contribution in [2.24, 2.45) is 0 Å². The molecule has 1 nitrogen and oxygen atoms in total. The van der Waals surface area contributed by atoms with Gasteiger partial charge in [0.25, 0.3) is 0 Å². The van der Waals surface area contributed by atoms with Crippen molar-refractivity contribution >= 4 is 49.4 Å². The van der Waals surface area contributed by atoms with E-state index in [1.165, 1.54) is 4.90 Å². The van der Waals surface area contributed by atoms with Gasteiger partial charge in [-0.2, -0.15) is 0 Å². The molecule has 0 radical (unpaired) electrons. The summed E-state index contributed by atoms with van der Waals surface area (Å²) in [7, 11) is 0. The molecule has 0 aromatic heterocycles. The van der Waals surface area contributed by atoms with Gasteiger partial charge in [0.2, 0.25) is 0 Å². The number of benzene rings is 9. The second-order valence-corrected chi connectivity index (χ2v) is 11.9. The first-order chi connectivity index (χ1) is 27.6. The lowest BCUT2D eigenvalue weighted by atomic mass is 9.93. The molecule has 0 atom stereocenters. The molecule has 0 amide bonds. The fraction of sp³-hybridized carbons (Fsp3) is 0. The smallest absolute Gasteiger partial charge is 0.0651 e. The Morgan fingerprint density at radius 3 is 1.78 bits per heavy atom. The number of rotatable bonds is 6. The Bertz CT molecular complexity index is 3020. The standard InChI is InChI=1S/C48H33N/c1-2-11-34(12-3-1)36-23-27-42(28-24-36)49(44-17-10-16-39(32-44)40-22-21-35-13-4-5-14-38(35)31-40)43-29-25-37(26-30-43)48-33-41-15-6-7-18-45(41)46-19-8-9-20-47(46)48/h1-33H/i10D,16D,17D,25D,26D,29D,30D,32D. The largest absolute Gasteiger partial charge is 0.310 e. The van der Waals surface area contributed by atoms with Crippen LogP contribution in [-0.4, -0.2) is 0 Å². The quantitative estimate of drug-likeness (QED) is 0.165.